The van der Waals surface area contributed by atoms with E-state index >= 15 is 0 Å². The quantitative estimate of drug-likeness (QED) is 0.780. The SMILES string of the molecule is Bn1cccc1/C(CCN)=C1N=C(/C=C/c2ccc(C(C)(C)C)cc2)C=C\1C. The maximum Gasteiger partial charge on any atom is 0.223 e. The average Bonchev–Trinajstić information content (AvgIpc) is 3.23. The lowest BCUT2D eigenvalue weighted by molar-refractivity contribution is 0.590. The molecule has 1 aromatic heterocycles. The lowest BCUT2D eigenvalue weighted by Crippen LogP contribution is -2.10. The number of allylic oxidation sites excluding steroid dienone is 3. The minimum atomic E-state index is 0.174. The molecule has 2 heterocycles. The zero-order valence-electron chi connectivity index (χ0n) is 17.7. The molecule has 0 radical (unpaired) electrons. The van der Waals surface area contributed by atoms with Crippen LogP contribution in [0.25, 0.3) is 11.6 Å². The number of hydrogen-bond acceptors (Lipinski definition) is 2. The number of rotatable bonds is 5. The van der Waals surface area contributed by atoms with Gasteiger partial charge in [0.25, 0.3) is 0 Å². The van der Waals surface area contributed by atoms with Crippen LogP contribution in [0, 0.1) is 0 Å². The molecular weight excluding hydrogens is 341 g/mol. The van der Waals surface area contributed by atoms with Crippen molar-refractivity contribution in [1.82, 2.24) is 4.48 Å². The summed E-state index contributed by atoms with van der Waals surface area (Å²) in [5, 5.41) is 0. The summed E-state index contributed by atoms with van der Waals surface area (Å²) < 4.78 is 2.13. The maximum absolute atomic E-state index is 5.89. The molecule has 2 aromatic rings. The van der Waals surface area contributed by atoms with Gasteiger partial charge in [0.1, 0.15) is 0 Å². The zero-order valence-corrected chi connectivity index (χ0v) is 17.7. The van der Waals surface area contributed by atoms with E-state index in [1.807, 2.05) is 0 Å². The molecule has 4 heteroatoms. The highest BCUT2D eigenvalue weighted by atomic mass is 14.9. The topological polar surface area (TPSA) is 43.3 Å². The molecule has 0 amide bonds. The van der Waals surface area contributed by atoms with Crippen LogP contribution in [0.2, 0.25) is 0 Å². The van der Waals surface area contributed by atoms with E-state index in [1.54, 1.807) is 0 Å². The molecule has 0 fully saturated rings. The van der Waals surface area contributed by atoms with Gasteiger partial charge in [-0.25, -0.2) is 4.99 Å². The maximum atomic E-state index is 5.89. The lowest BCUT2D eigenvalue weighted by Gasteiger charge is -2.18. The highest BCUT2D eigenvalue weighted by Gasteiger charge is 2.17. The van der Waals surface area contributed by atoms with E-state index in [0.717, 1.165) is 17.8 Å². The highest BCUT2D eigenvalue weighted by Crippen LogP contribution is 2.31. The summed E-state index contributed by atoms with van der Waals surface area (Å²) >= 11 is 0. The smallest absolute Gasteiger partial charge is 0.223 e. The van der Waals surface area contributed by atoms with E-state index in [-0.39, 0.29) is 5.41 Å². The van der Waals surface area contributed by atoms with Gasteiger partial charge in [-0.2, -0.15) is 0 Å². The zero-order chi connectivity index (χ0) is 20.3. The monoisotopic (exact) mass is 371 g/mol. The fourth-order valence-electron chi connectivity index (χ4n) is 3.49. The number of aliphatic imine (C=N–C) groups is 1. The Bertz CT molecular complexity index is 964. The minimum absolute atomic E-state index is 0.174. The minimum Gasteiger partial charge on any atom is -0.399 e. The van der Waals surface area contributed by atoms with Crippen LogP contribution in [-0.2, 0) is 5.41 Å². The van der Waals surface area contributed by atoms with Gasteiger partial charge in [0.05, 0.1) is 11.4 Å². The van der Waals surface area contributed by atoms with E-state index in [1.165, 1.54) is 28.0 Å². The van der Waals surface area contributed by atoms with Crippen LogP contribution in [0.3, 0.4) is 0 Å². The molecule has 0 bridgehead atoms. The van der Waals surface area contributed by atoms with Crippen LogP contribution in [0.4, 0.5) is 0 Å². The summed E-state index contributed by atoms with van der Waals surface area (Å²) in [6.07, 6.45) is 9.24. The Labute approximate surface area is 169 Å². The Kier molecular flexibility index (Phi) is 5.90. The molecule has 2 N–H and O–H groups in total. The van der Waals surface area contributed by atoms with Gasteiger partial charge in [-0.05, 0) is 72.5 Å². The van der Waals surface area contributed by atoms with Crippen molar-refractivity contribution in [3.63, 3.8) is 0 Å². The number of nitrogens with zero attached hydrogens (tertiary/aromatic N) is 2. The highest BCUT2D eigenvalue weighted by molar-refractivity contribution is 6.11. The number of benzene rings is 1. The Morgan fingerprint density at radius 3 is 2.43 bits per heavy atom. The molecule has 0 aliphatic carbocycles. The first-order chi connectivity index (χ1) is 13.3. The summed E-state index contributed by atoms with van der Waals surface area (Å²) in [5.74, 6) is 0. The molecule has 144 valence electrons. The van der Waals surface area contributed by atoms with Crippen LogP contribution in [0.1, 0.15) is 50.9 Å². The van der Waals surface area contributed by atoms with Gasteiger partial charge in [-0.15, -0.1) is 0 Å². The van der Waals surface area contributed by atoms with Crippen molar-refractivity contribution in [2.45, 2.75) is 39.5 Å². The van der Waals surface area contributed by atoms with Gasteiger partial charge in [0.15, 0.2) is 0 Å². The molecule has 28 heavy (non-hydrogen) atoms. The number of aromatic nitrogens is 1. The first kappa shape index (κ1) is 20.2. The van der Waals surface area contributed by atoms with Crippen molar-refractivity contribution < 1.29 is 0 Å². The second kappa shape index (κ2) is 8.20. The van der Waals surface area contributed by atoms with Crippen molar-refractivity contribution in [2.75, 3.05) is 6.54 Å². The van der Waals surface area contributed by atoms with Gasteiger partial charge in [0, 0.05) is 11.3 Å². The van der Waals surface area contributed by atoms with Crippen LogP contribution in [-0.4, -0.2) is 24.7 Å². The average molecular weight is 371 g/mol. The van der Waals surface area contributed by atoms with Crippen LogP contribution < -0.4 is 5.73 Å². The first-order valence-corrected chi connectivity index (χ1v) is 9.90. The van der Waals surface area contributed by atoms with Crippen molar-refractivity contribution in [2.24, 2.45) is 10.7 Å². The summed E-state index contributed by atoms with van der Waals surface area (Å²) in [7, 11) is 2.06. The largest absolute Gasteiger partial charge is 0.399 e. The van der Waals surface area contributed by atoms with Crippen LogP contribution in [0.5, 0.6) is 0 Å². The van der Waals surface area contributed by atoms with Crippen LogP contribution >= 0.6 is 0 Å². The van der Waals surface area contributed by atoms with E-state index < -0.39 is 0 Å². The molecule has 1 aromatic carbocycles. The van der Waals surface area contributed by atoms with E-state index in [2.05, 4.69) is 101 Å². The Balaban J connectivity index is 1.88. The third-order valence-electron chi connectivity index (χ3n) is 5.14. The summed E-state index contributed by atoms with van der Waals surface area (Å²) in [6.45, 7) is 9.43. The third kappa shape index (κ3) is 4.45. The second-order valence-electron chi connectivity index (χ2n) is 8.44. The molecule has 1 aliphatic rings. The third-order valence-corrected chi connectivity index (χ3v) is 5.14. The summed E-state index contributed by atoms with van der Waals surface area (Å²) in [5.41, 5.74) is 14.2. The summed E-state index contributed by atoms with van der Waals surface area (Å²) in [6, 6.07) is 12.9. The Hall–Kier alpha value is -2.59. The van der Waals surface area contributed by atoms with Crippen molar-refractivity contribution in [3.8, 4) is 0 Å². The van der Waals surface area contributed by atoms with Gasteiger partial charge in [0.2, 0.25) is 7.98 Å². The Morgan fingerprint density at radius 2 is 1.86 bits per heavy atom. The van der Waals surface area contributed by atoms with Gasteiger partial charge >= 0.3 is 0 Å². The standard InChI is InChI=1S/C24H30BN3/c1-17-16-20(12-9-18-7-10-19(11-8-18)24(2,3)4)27-23(17)21(13-14-26)22-6-5-15-28(22)25/h5-12,15-16H,13-14,25-26H2,1-4H3/b12-9+,23-21-. The molecule has 3 nitrogen and oxygen atoms in total. The predicted octanol–water partition coefficient (Wildman–Crippen LogP) is 4.36. The Morgan fingerprint density at radius 1 is 1.14 bits per heavy atom. The first-order valence-electron chi connectivity index (χ1n) is 9.90. The number of hydrogen-bond donors (Lipinski definition) is 1. The normalized spacial score (nSPS) is 16.5. The van der Waals surface area contributed by atoms with E-state index in [0.29, 0.717) is 6.54 Å². The molecule has 0 unspecified atom stereocenters. The molecule has 0 saturated heterocycles. The van der Waals surface area contributed by atoms with Crippen molar-refractivity contribution >= 4 is 25.3 Å². The molecule has 1 aliphatic heterocycles. The molecular formula is C24H30BN3. The summed E-state index contributed by atoms with van der Waals surface area (Å²) in [4.78, 5) is 4.90. The van der Waals surface area contributed by atoms with Gasteiger partial charge < -0.3 is 10.2 Å². The molecule has 0 atom stereocenters. The lowest BCUT2D eigenvalue weighted by atomic mass is 9.87. The van der Waals surface area contributed by atoms with Crippen molar-refractivity contribution in [3.05, 3.63) is 82.8 Å². The van der Waals surface area contributed by atoms with Crippen LogP contribution in [0.15, 0.2) is 71.0 Å². The fourth-order valence-corrected chi connectivity index (χ4v) is 3.49. The molecule has 0 saturated carbocycles. The van der Waals surface area contributed by atoms with Gasteiger partial charge in [-0.1, -0.05) is 51.1 Å². The van der Waals surface area contributed by atoms with E-state index in [9.17, 15) is 0 Å². The predicted molar refractivity (Wildman–Crippen MR) is 124 cm³/mol. The second-order valence-corrected chi connectivity index (χ2v) is 8.44. The van der Waals surface area contributed by atoms with E-state index in [4.69, 9.17) is 10.7 Å². The van der Waals surface area contributed by atoms with Gasteiger partial charge in [-0.3, -0.25) is 0 Å². The molecule has 0 spiro atoms. The fraction of sp³-hybridized carbons (Fsp3) is 0.292. The number of nitrogens with two attached hydrogens (primary N) is 1. The van der Waals surface area contributed by atoms with Crippen molar-refractivity contribution in [1.29, 1.82) is 0 Å². The molecule has 3 rings (SSSR count).